The van der Waals surface area contributed by atoms with Gasteiger partial charge in [-0.1, -0.05) is 29.8 Å². The molecule has 1 aliphatic rings. The minimum Gasteiger partial charge on any atom is -0.344 e. The van der Waals surface area contributed by atoms with Crippen LogP contribution in [0.1, 0.15) is 28.5 Å². The first kappa shape index (κ1) is 14.6. The first-order valence-electron chi connectivity index (χ1n) is 7.38. The first-order valence-corrected chi connectivity index (χ1v) is 8.75. The highest BCUT2D eigenvalue weighted by atomic mass is 35.5. The molecule has 1 aromatic heterocycles. The van der Waals surface area contributed by atoms with Gasteiger partial charge in [0.15, 0.2) is 5.69 Å². The van der Waals surface area contributed by atoms with Gasteiger partial charge in [0.25, 0.3) is 5.91 Å². The first-order chi connectivity index (χ1) is 11.2. The van der Waals surface area contributed by atoms with Crippen LogP contribution in [0.3, 0.4) is 0 Å². The van der Waals surface area contributed by atoms with Crippen LogP contribution in [0, 0.1) is 0 Å². The predicted octanol–water partition coefficient (Wildman–Crippen LogP) is 4.18. The lowest BCUT2D eigenvalue weighted by Crippen LogP contribution is -2.31. The van der Waals surface area contributed by atoms with E-state index in [0.29, 0.717) is 10.7 Å². The number of carbonyl (C=O) groups is 1. The number of amides is 1. The van der Waals surface area contributed by atoms with Gasteiger partial charge in [0, 0.05) is 21.1 Å². The summed E-state index contributed by atoms with van der Waals surface area (Å²) in [5.41, 5.74) is 2.38. The monoisotopic (exact) mass is 343 g/mol. The molecule has 4 rings (SSSR count). The summed E-state index contributed by atoms with van der Waals surface area (Å²) in [7, 11) is 0. The smallest absolute Gasteiger partial charge is 0.272 e. The summed E-state index contributed by atoms with van der Waals surface area (Å²) in [6, 6.07) is 13.4. The van der Waals surface area contributed by atoms with E-state index in [-0.39, 0.29) is 11.9 Å². The minimum absolute atomic E-state index is 0.0343. The molecule has 0 bridgehead atoms. The highest BCUT2D eigenvalue weighted by Crippen LogP contribution is 2.37. The Morgan fingerprint density at radius 3 is 3.09 bits per heavy atom. The number of fused-ring (bicyclic) bond motifs is 2. The molecule has 116 valence electrons. The number of H-pyrrole nitrogens is 1. The summed E-state index contributed by atoms with van der Waals surface area (Å²) in [6.07, 6.45) is 0.881. The molecule has 4 nitrogen and oxygen atoms in total. The number of thioether (sulfide) groups is 1. The van der Waals surface area contributed by atoms with Crippen LogP contribution in [0.2, 0.25) is 5.02 Å². The zero-order valence-electron chi connectivity index (χ0n) is 12.2. The van der Waals surface area contributed by atoms with Crippen LogP contribution in [0.5, 0.6) is 0 Å². The fourth-order valence-corrected chi connectivity index (χ4v) is 4.16. The third-order valence-corrected chi connectivity index (χ3v) is 5.36. The van der Waals surface area contributed by atoms with Gasteiger partial charge in [-0.15, -0.1) is 11.8 Å². The maximum atomic E-state index is 12.6. The van der Waals surface area contributed by atoms with Gasteiger partial charge < -0.3 is 5.32 Å². The third-order valence-electron chi connectivity index (χ3n) is 4.00. The van der Waals surface area contributed by atoms with E-state index in [4.69, 9.17) is 11.6 Å². The van der Waals surface area contributed by atoms with Gasteiger partial charge in [-0.2, -0.15) is 5.10 Å². The van der Waals surface area contributed by atoms with Crippen molar-refractivity contribution in [3.05, 3.63) is 58.7 Å². The van der Waals surface area contributed by atoms with Crippen molar-refractivity contribution in [2.75, 3.05) is 5.75 Å². The lowest BCUT2D eigenvalue weighted by atomic mass is 10.0. The molecule has 0 spiro atoms. The van der Waals surface area contributed by atoms with Gasteiger partial charge in [0.05, 0.1) is 11.6 Å². The number of nitrogens with one attached hydrogen (secondary N) is 2. The summed E-state index contributed by atoms with van der Waals surface area (Å²) >= 11 is 7.91. The molecule has 1 aliphatic heterocycles. The second-order valence-corrected chi connectivity index (χ2v) is 7.04. The summed E-state index contributed by atoms with van der Waals surface area (Å²) in [5, 5.41) is 11.7. The van der Waals surface area contributed by atoms with Crippen molar-refractivity contribution < 1.29 is 4.79 Å². The van der Waals surface area contributed by atoms with Crippen molar-refractivity contribution >= 4 is 40.2 Å². The van der Waals surface area contributed by atoms with E-state index in [2.05, 4.69) is 15.5 Å². The Morgan fingerprint density at radius 2 is 2.17 bits per heavy atom. The number of hydrogen-bond acceptors (Lipinski definition) is 3. The molecule has 0 fully saturated rings. The molecule has 23 heavy (non-hydrogen) atoms. The van der Waals surface area contributed by atoms with E-state index in [9.17, 15) is 4.79 Å². The Labute approximate surface area is 142 Å². The summed E-state index contributed by atoms with van der Waals surface area (Å²) in [5.74, 6) is 0.811. The van der Waals surface area contributed by atoms with E-state index < -0.39 is 0 Å². The van der Waals surface area contributed by atoms with Crippen molar-refractivity contribution in [3.8, 4) is 0 Å². The van der Waals surface area contributed by atoms with Crippen molar-refractivity contribution in [1.82, 2.24) is 15.5 Å². The average molecular weight is 344 g/mol. The highest BCUT2D eigenvalue weighted by molar-refractivity contribution is 7.99. The van der Waals surface area contributed by atoms with Crippen LogP contribution < -0.4 is 5.32 Å². The van der Waals surface area contributed by atoms with E-state index in [1.54, 1.807) is 11.8 Å². The summed E-state index contributed by atoms with van der Waals surface area (Å²) in [4.78, 5) is 13.8. The van der Waals surface area contributed by atoms with Crippen molar-refractivity contribution in [2.24, 2.45) is 0 Å². The van der Waals surface area contributed by atoms with Crippen LogP contribution in [0.25, 0.3) is 10.9 Å². The fraction of sp³-hybridized carbons (Fsp3) is 0.176. The topological polar surface area (TPSA) is 57.8 Å². The zero-order chi connectivity index (χ0) is 15.8. The van der Waals surface area contributed by atoms with Crippen LogP contribution in [0.15, 0.2) is 47.4 Å². The molecule has 0 radical (unpaired) electrons. The van der Waals surface area contributed by atoms with Gasteiger partial charge in [-0.25, -0.2) is 0 Å². The van der Waals surface area contributed by atoms with E-state index >= 15 is 0 Å². The standard InChI is InChI=1S/C17H14ClN3OS/c18-10-5-6-15-12(9-10)13(7-8-23-15)19-17(22)16-11-3-1-2-4-14(11)20-21-16/h1-6,9,13H,7-8H2,(H,19,22)(H,20,21)/t13-/m0/s1. The Bertz CT molecular complexity index is 892. The quantitative estimate of drug-likeness (QED) is 0.733. The number of rotatable bonds is 2. The maximum absolute atomic E-state index is 12.6. The SMILES string of the molecule is O=C(N[C@H]1CCSc2ccc(Cl)cc21)c1n[nH]c2ccccc12. The van der Waals surface area contributed by atoms with Crippen LogP contribution in [-0.2, 0) is 0 Å². The Morgan fingerprint density at radius 1 is 1.30 bits per heavy atom. The lowest BCUT2D eigenvalue weighted by Gasteiger charge is -2.25. The molecule has 2 aromatic carbocycles. The molecular formula is C17H14ClN3OS. The summed E-state index contributed by atoms with van der Waals surface area (Å²) in [6.45, 7) is 0. The van der Waals surface area contributed by atoms with Crippen LogP contribution in [-0.4, -0.2) is 21.9 Å². The average Bonchev–Trinajstić information content (AvgIpc) is 2.99. The molecule has 2 heterocycles. The molecule has 2 N–H and O–H groups in total. The molecule has 1 atom stereocenters. The van der Waals surface area contributed by atoms with E-state index in [0.717, 1.165) is 28.6 Å². The number of carbonyl (C=O) groups excluding carboxylic acids is 1. The molecule has 3 aromatic rings. The third kappa shape index (κ3) is 2.71. The molecule has 0 saturated carbocycles. The van der Waals surface area contributed by atoms with Gasteiger partial charge in [-0.3, -0.25) is 9.89 Å². The predicted molar refractivity (Wildman–Crippen MR) is 93.1 cm³/mol. The van der Waals surface area contributed by atoms with Gasteiger partial charge in [-0.05, 0) is 36.2 Å². The van der Waals surface area contributed by atoms with Crippen molar-refractivity contribution in [3.63, 3.8) is 0 Å². The largest absolute Gasteiger partial charge is 0.344 e. The number of nitrogens with zero attached hydrogens (tertiary/aromatic N) is 1. The van der Waals surface area contributed by atoms with E-state index in [1.165, 1.54) is 4.90 Å². The Balaban J connectivity index is 1.64. The van der Waals surface area contributed by atoms with Gasteiger partial charge in [0.2, 0.25) is 0 Å². The second-order valence-electron chi connectivity index (χ2n) is 5.46. The number of aromatic nitrogens is 2. The fourth-order valence-electron chi connectivity index (χ4n) is 2.88. The molecule has 6 heteroatoms. The Kier molecular flexibility index (Phi) is 3.75. The summed E-state index contributed by atoms with van der Waals surface area (Å²) < 4.78 is 0. The lowest BCUT2D eigenvalue weighted by molar-refractivity contribution is 0.0931. The maximum Gasteiger partial charge on any atom is 0.272 e. The number of benzene rings is 2. The molecule has 0 saturated heterocycles. The van der Waals surface area contributed by atoms with Crippen LogP contribution in [0.4, 0.5) is 0 Å². The zero-order valence-corrected chi connectivity index (χ0v) is 13.7. The number of halogens is 1. The van der Waals surface area contributed by atoms with E-state index in [1.807, 2.05) is 42.5 Å². The molecule has 0 aliphatic carbocycles. The minimum atomic E-state index is -0.162. The Hall–Kier alpha value is -1.98. The van der Waals surface area contributed by atoms with Gasteiger partial charge >= 0.3 is 0 Å². The molecule has 0 unspecified atom stereocenters. The highest BCUT2D eigenvalue weighted by Gasteiger charge is 2.24. The molecular weight excluding hydrogens is 330 g/mol. The van der Waals surface area contributed by atoms with Gasteiger partial charge in [0.1, 0.15) is 0 Å². The number of hydrogen-bond donors (Lipinski definition) is 2. The van der Waals surface area contributed by atoms with Crippen molar-refractivity contribution in [1.29, 1.82) is 0 Å². The van der Waals surface area contributed by atoms with Crippen molar-refractivity contribution in [2.45, 2.75) is 17.4 Å². The second kappa shape index (κ2) is 5.91. The number of para-hydroxylation sites is 1. The number of aromatic amines is 1. The van der Waals surface area contributed by atoms with Crippen LogP contribution >= 0.6 is 23.4 Å². The normalized spacial score (nSPS) is 17.0. The molecule has 1 amide bonds.